The van der Waals surface area contributed by atoms with E-state index < -0.39 is 14.6 Å². The van der Waals surface area contributed by atoms with Crippen molar-refractivity contribution < 1.29 is 17.9 Å². The maximum Gasteiger partial charge on any atom is 0.241 e. The Morgan fingerprint density at radius 1 is 1.09 bits per heavy atom. The van der Waals surface area contributed by atoms with Crippen molar-refractivity contribution in [3.05, 3.63) is 0 Å². The van der Waals surface area contributed by atoms with Gasteiger partial charge >= 0.3 is 0 Å². The Bertz CT molecular complexity index is 544. The molecular weight excluding hydrogens is 316 g/mol. The van der Waals surface area contributed by atoms with Crippen LogP contribution in [0.5, 0.6) is 0 Å². The van der Waals surface area contributed by atoms with E-state index in [0.29, 0.717) is 19.4 Å². The lowest BCUT2D eigenvalue weighted by molar-refractivity contribution is -0.122. The molecule has 1 saturated heterocycles. The fourth-order valence-electron chi connectivity index (χ4n) is 4.14. The number of rotatable bonds is 5. The molecule has 3 fully saturated rings. The molecule has 3 rings (SSSR count). The zero-order valence-corrected chi connectivity index (χ0v) is 14.8. The molecule has 0 spiro atoms. The number of nitrogens with one attached hydrogen (secondary N) is 1. The van der Waals surface area contributed by atoms with Gasteiger partial charge in [0.05, 0.1) is 13.2 Å². The summed E-state index contributed by atoms with van der Waals surface area (Å²) in [5, 5.41) is 3.00. The number of hydrogen-bond acceptors (Lipinski definition) is 5. The zero-order chi connectivity index (χ0) is 16.6. The van der Waals surface area contributed by atoms with Gasteiger partial charge in [0.1, 0.15) is 0 Å². The first-order chi connectivity index (χ1) is 10.9. The Morgan fingerprint density at radius 2 is 1.70 bits per heavy atom. The van der Waals surface area contributed by atoms with Crippen molar-refractivity contribution in [2.24, 2.45) is 0 Å². The van der Waals surface area contributed by atoms with Crippen LogP contribution in [0.15, 0.2) is 0 Å². The van der Waals surface area contributed by atoms with E-state index in [-0.39, 0.29) is 11.4 Å². The van der Waals surface area contributed by atoms with E-state index in [1.165, 1.54) is 25.5 Å². The molecule has 0 atom stereocenters. The molecule has 1 aliphatic heterocycles. The molecule has 2 aliphatic carbocycles. The van der Waals surface area contributed by atoms with E-state index in [1.54, 1.807) is 0 Å². The smallest absolute Gasteiger partial charge is 0.241 e. The van der Waals surface area contributed by atoms with Crippen LogP contribution in [-0.2, 0) is 19.4 Å². The van der Waals surface area contributed by atoms with Gasteiger partial charge in [0.25, 0.3) is 0 Å². The summed E-state index contributed by atoms with van der Waals surface area (Å²) in [5.41, 5.74) is -0.0225. The summed E-state index contributed by atoms with van der Waals surface area (Å²) in [4.78, 5) is 15.0. The van der Waals surface area contributed by atoms with Crippen LogP contribution < -0.4 is 5.32 Å². The number of carbonyl (C=O) groups is 1. The highest BCUT2D eigenvalue weighted by molar-refractivity contribution is 7.93. The third-order valence-corrected chi connectivity index (χ3v) is 7.89. The maximum atomic E-state index is 12.5. The topological polar surface area (TPSA) is 75.7 Å². The van der Waals surface area contributed by atoms with E-state index in [1.807, 2.05) is 0 Å². The molecule has 1 amide bonds. The van der Waals surface area contributed by atoms with Crippen molar-refractivity contribution in [1.82, 2.24) is 10.2 Å². The fraction of sp³-hybridized carbons (Fsp3) is 0.938. The van der Waals surface area contributed by atoms with Gasteiger partial charge in [0.15, 0.2) is 14.6 Å². The summed E-state index contributed by atoms with van der Waals surface area (Å²) in [5.74, 6) is -0.293. The SMILES string of the molecule is CS(=O)(=O)C1(C(=O)NCC2(N3CCOCC3)CCCCC2)CC1. The summed E-state index contributed by atoms with van der Waals surface area (Å²) in [7, 11) is -3.33. The maximum absolute atomic E-state index is 12.5. The van der Waals surface area contributed by atoms with Crippen molar-refractivity contribution in [2.75, 3.05) is 39.1 Å². The Balaban J connectivity index is 1.68. The van der Waals surface area contributed by atoms with Crippen LogP contribution in [0.2, 0.25) is 0 Å². The van der Waals surface area contributed by atoms with Gasteiger partial charge in [-0.15, -0.1) is 0 Å². The molecule has 0 aromatic rings. The second kappa shape index (κ2) is 6.33. The second-order valence-corrected chi connectivity index (χ2v) is 9.66. The van der Waals surface area contributed by atoms with Gasteiger partial charge in [-0.05, 0) is 25.7 Å². The summed E-state index contributed by atoms with van der Waals surface area (Å²) < 4.78 is 28.1. The summed E-state index contributed by atoms with van der Waals surface area (Å²) in [6.45, 7) is 3.83. The van der Waals surface area contributed by atoms with Gasteiger partial charge in [0.2, 0.25) is 5.91 Å². The van der Waals surface area contributed by atoms with Gasteiger partial charge in [-0.2, -0.15) is 0 Å². The van der Waals surface area contributed by atoms with E-state index in [9.17, 15) is 13.2 Å². The standard InChI is InChI=1S/C16H28N2O4S/c1-23(20,21)16(7-8-16)14(19)17-13-15(5-3-2-4-6-15)18-9-11-22-12-10-18/h2-13H2,1H3,(H,17,19). The van der Waals surface area contributed by atoms with Gasteiger partial charge in [0, 0.05) is 31.4 Å². The molecular formula is C16H28N2O4S. The minimum Gasteiger partial charge on any atom is -0.379 e. The Kier molecular flexibility index (Phi) is 4.73. The number of carbonyl (C=O) groups excluding carboxylic acids is 1. The van der Waals surface area contributed by atoms with E-state index >= 15 is 0 Å². The van der Waals surface area contributed by atoms with Crippen LogP contribution in [0, 0.1) is 0 Å². The number of amides is 1. The van der Waals surface area contributed by atoms with Crippen molar-refractivity contribution in [3.8, 4) is 0 Å². The van der Waals surface area contributed by atoms with Gasteiger partial charge < -0.3 is 10.1 Å². The summed E-state index contributed by atoms with van der Waals surface area (Å²) in [6.07, 6.45) is 7.82. The van der Waals surface area contributed by atoms with Gasteiger partial charge in [-0.3, -0.25) is 9.69 Å². The highest BCUT2D eigenvalue weighted by Gasteiger charge is 2.58. The van der Waals surface area contributed by atoms with E-state index in [2.05, 4.69) is 10.2 Å². The van der Waals surface area contributed by atoms with Crippen LogP contribution in [-0.4, -0.2) is 68.6 Å². The first-order valence-electron chi connectivity index (χ1n) is 8.70. The predicted octanol–water partition coefficient (Wildman–Crippen LogP) is 0.715. The minimum atomic E-state index is -3.33. The van der Waals surface area contributed by atoms with E-state index in [4.69, 9.17) is 4.74 Å². The lowest BCUT2D eigenvalue weighted by Crippen LogP contribution is -2.60. The summed E-state index contributed by atoms with van der Waals surface area (Å²) in [6, 6.07) is 0. The number of morpholine rings is 1. The molecule has 7 heteroatoms. The van der Waals surface area contributed by atoms with Crippen LogP contribution in [0.4, 0.5) is 0 Å². The second-order valence-electron chi connectivity index (χ2n) is 7.33. The molecule has 3 aliphatic rings. The molecule has 132 valence electrons. The molecule has 0 unspecified atom stereocenters. The molecule has 1 N–H and O–H groups in total. The Hall–Kier alpha value is -0.660. The number of hydrogen-bond donors (Lipinski definition) is 1. The van der Waals surface area contributed by atoms with Crippen molar-refractivity contribution >= 4 is 15.7 Å². The normalized spacial score (nSPS) is 27.3. The van der Waals surface area contributed by atoms with Crippen molar-refractivity contribution in [2.45, 2.75) is 55.2 Å². The van der Waals surface area contributed by atoms with Crippen molar-refractivity contribution in [3.63, 3.8) is 0 Å². The molecule has 0 aromatic heterocycles. The van der Waals surface area contributed by atoms with Crippen LogP contribution in [0.1, 0.15) is 44.9 Å². The zero-order valence-electron chi connectivity index (χ0n) is 14.0. The third kappa shape index (κ3) is 3.28. The monoisotopic (exact) mass is 344 g/mol. The van der Waals surface area contributed by atoms with E-state index in [0.717, 1.165) is 39.1 Å². The molecule has 0 aromatic carbocycles. The molecule has 23 heavy (non-hydrogen) atoms. The Morgan fingerprint density at radius 3 is 2.22 bits per heavy atom. The highest BCUT2D eigenvalue weighted by Crippen LogP contribution is 2.43. The number of nitrogens with zero attached hydrogens (tertiary/aromatic N) is 1. The average Bonchev–Trinajstić information content (AvgIpc) is 3.36. The number of ether oxygens (including phenoxy) is 1. The largest absolute Gasteiger partial charge is 0.379 e. The quantitative estimate of drug-likeness (QED) is 0.795. The lowest BCUT2D eigenvalue weighted by atomic mass is 9.79. The first kappa shape index (κ1) is 17.2. The average molecular weight is 344 g/mol. The van der Waals surface area contributed by atoms with Crippen LogP contribution in [0.25, 0.3) is 0 Å². The molecule has 6 nitrogen and oxygen atoms in total. The highest BCUT2D eigenvalue weighted by atomic mass is 32.2. The van der Waals surface area contributed by atoms with Crippen LogP contribution >= 0.6 is 0 Å². The van der Waals surface area contributed by atoms with Gasteiger partial charge in [-0.1, -0.05) is 19.3 Å². The molecule has 0 bridgehead atoms. The third-order valence-electron chi connectivity index (χ3n) is 5.87. The van der Waals surface area contributed by atoms with Gasteiger partial charge in [-0.25, -0.2) is 8.42 Å². The molecule has 0 radical (unpaired) electrons. The Labute approximate surface area is 138 Å². The minimum absolute atomic E-state index is 0.0225. The van der Waals surface area contributed by atoms with Crippen molar-refractivity contribution in [1.29, 1.82) is 0 Å². The molecule has 1 heterocycles. The molecule has 2 saturated carbocycles. The first-order valence-corrected chi connectivity index (χ1v) is 10.6. The lowest BCUT2D eigenvalue weighted by Gasteiger charge is -2.48. The number of sulfone groups is 1. The fourth-order valence-corrected chi connectivity index (χ4v) is 5.39. The predicted molar refractivity (Wildman–Crippen MR) is 88.0 cm³/mol. The summed E-state index contributed by atoms with van der Waals surface area (Å²) >= 11 is 0. The van der Waals surface area contributed by atoms with Crippen LogP contribution in [0.3, 0.4) is 0 Å².